The second-order valence-corrected chi connectivity index (χ2v) is 15.0. The molecule has 1 saturated carbocycles. The number of anilines is 1. The molecule has 0 radical (unpaired) electrons. The zero-order valence-corrected chi connectivity index (χ0v) is 33.8. The van der Waals surface area contributed by atoms with Crippen LogP contribution in [0.1, 0.15) is 45.6 Å². The number of hydrogen-bond donors (Lipinski definition) is 5. The van der Waals surface area contributed by atoms with Gasteiger partial charge in [0.25, 0.3) is 5.91 Å². The van der Waals surface area contributed by atoms with Crippen LogP contribution in [0.15, 0.2) is 24.3 Å². The van der Waals surface area contributed by atoms with Crippen LogP contribution in [0.5, 0.6) is 0 Å². The van der Waals surface area contributed by atoms with E-state index in [0.29, 0.717) is 24.9 Å². The molecule has 0 heterocycles. The molecule has 57 heavy (non-hydrogen) atoms. The van der Waals surface area contributed by atoms with Gasteiger partial charge in [0, 0.05) is 56.8 Å². The standard InChI is InChI=1S/C38H60N2O17/c1-35(17-41)14-36(2,18-42)16-37(3,15-35)34(48)39-27-10-8-26(9-11-27)12-13-53-33(47)31(57-25-52-7)29(55-23-50-5)28(54-22-49-4)30(56-24-51-6)32(46)40-38(19-43,20-44)21-45/h8-11,17-18,28-31,43-45H,12-16,19-25H2,1-7H3,(H,39,48)(H,40,46). The van der Waals surface area contributed by atoms with Gasteiger partial charge in [0.1, 0.15) is 57.5 Å². The van der Waals surface area contributed by atoms with E-state index in [-0.39, 0.29) is 18.9 Å². The average molecular weight is 817 g/mol. The topological polar surface area (TPSA) is 253 Å². The number of nitrogens with one attached hydrogen (secondary N) is 2. The number of hydrogen-bond acceptors (Lipinski definition) is 17. The Kier molecular flexibility index (Phi) is 20.8. The van der Waals surface area contributed by atoms with E-state index in [1.165, 1.54) is 28.4 Å². The van der Waals surface area contributed by atoms with Gasteiger partial charge in [0.05, 0.1) is 26.4 Å². The molecule has 324 valence electrons. The van der Waals surface area contributed by atoms with Gasteiger partial charge in [-0.2, -0.15) is 0 Å². The molecule has 0 saturated heterocycles. The van der Waals surface area contributed by atoms with Crippen molar-refractivity contribution in [1.29, 1.82) is 0 Å². The van der Waals surface area contributed by atoms with Crippen molar-refractivity contribution in [2.24, 2.45) is 16.2 Å². The van der Waals surface area contributed by atoms with Crippen LogP contribution in [0.4, 0.5) is 5.69 Å². The molecule has 0 bridgehead atoms. The van der Waals surface area contributed by atoms with Gasteiger partial charge in [-0.1, -0.05) is 32.9 Å². The Labute approximate surface area is 332 Å². The first kappa shape index (κ1) is 49.7. The van der Waals surface area contributed by atoms with Gasteiger partial charge < -0.3 is 78.2 Å². The van der Waals surface area contributed by atoms with E-state index in [4.69, 9.17) is 42.6 Å². The quantitative estimate of drug-likeness (QED) is 0.0427. The SMILES string of the molecule is COCOC(C(=O)NC(CO)(CO)CO)C(OCOC)C(OCOC)C(OCOC)C(=O)OCCc1ccc(NC(=O)C2(C)CC(C)(C=O)CC(C)(C=O)C2)cc1. The lowest BCUT2D eigenvalue weighted by atomic mass is 9.55. The fourth-order valence-electron chi connectivity index (χ4n) is 7.11. The second kappa shape index (κ2) is 23.8. The van der Waals surface area contributed by atoms with Crippen LogP contribution in [0, 0.1) is 16.2 Å². The number of aldehydes is 2. The monoisotopic (exact) mass is 816 g/mol. The van der Waals surface area contributed by atoms with E-state index in [2.05, 4.69) is 10.6 Å². The number of methoxy groups -OCH3 is 4. The zero-order chi connectivity index (χ0) is 42.7. The first-order chi connectivity index (χ1) is 27.1. The molecule has 2 amide bonds. The first-order valence-electron chi connectivity index (χ1n) is 18.2. The molecule has 0 aromatic heterocycles. The Bertz CT molecular complexity index is 1380. The van der Waals surface area contributed by atoms with Gasteiger partial charge >= 0.3 is 5.97 Å². The lowest BCUT2D eigenvalue weighted by molar-refractivity contribution is -0.240. The summed E-state index contributed by atoms with van der Waals surface area (Å²) in [5.41, 5.74) is -3.26. The maximum absolute atomic E-state index is 13.7. The minimum Gasteiger partial charge on any atom is -0.463 e. The molecule has 1 fully saturated rings. The summed E-state index contributed by atoms with van der Waals surface area (Å²) in [6.07, 6.45) is -3.59. The minimum absolute atomic E-state index is 0.152. The van der Waals surface area contributed by atoms with Crippen molar-refractivity contribution in [2.45, 2.75) is 76.4 Å². The molecule has 1 aliphatic rings. The third-order valence-corrected chi connectivity index (χ3v) is 9.56. The summed E-state index contributed by atoms with van der Waals surface area (Å²) in [5.74, 6) is -2.26. The predicted octanol–water partition coefficient (Wildman–Crippen LogP) is 0.0997. The number of ether oxygens (including phenoxy) is 9. The van der Waals surface area contributed by atoms with Crippen molar-refractivity contribution >= 4 is 36.0 Å². The highest BCUT2D eigenvalue weighted by molar-refractivity contribution is 5.96. The van der Waals surface area contributed by atoms with Crippen molar-refractivity contribution in [3.63, 3.8) is 0 Å². The Morgan fingerprint density at radius 1 is 0.719 bits per heavy atom. The summed E-state index contributed by atoms with van der Waals surface area (Å²) < 4.78 is 48.9. The van der Waals surface area contributed by atoms with Crippen LogP contribution in [0.2, 0.25) is 0 Å². The molecule has 19 heteroatoms. The highest BCUT2D eigenvalue weighted by Crippen LogP contribution is 2.53. The third kappa shape index (κ3) is 14.4. The summed E-state index contributed by atoms with van der Waals surface area (Å²) >= 11 is 0. The largest absolute Gasteiger partial charge is 0.463 e. The van der Waals surface area contributed by atoms with E-state index >= 15 is 0 Å². The molecule has 19 nitrogen and oxygen atoms in total. The molecule has 2 rings (SSSR count). The molecule has 0 aliphatic heterocycles. The van der Waals surface area contributed by atoms with E-state index in [1.807, 2.05) is 0 Å². The summed E-state index contributed by atoms with van der Waals surface area (Å²) in [6, 6.07) is 6.83. The van der Waals surface area contributed by atoms with Gasteiger partial charge in [-0.15, -0.1) is 0 Å². The molecule has 1 aromatic carbocycles. The van der Waals surface area contributed by atoms with Gasteiger partial charge in [0.15, 0.2) is 12.2 Å². The summed E-state index contributed by atoms with van der Waals surface area (Å²) in [5, 5.41) is 34.8. The molecule has 6 unspecified atom stereocenters. The highest BCUT2D eigenvalue weighted by atomic mass is 16.7. The van der Waals surface area contributed by atoms with Crippen LogP contribution < -0.4 is 10.6 Å². The molecule has 1 aliphatic carbocycles. The normalized spacial score (nSPS) is 23.1. The van der Waals surface area contributed by atoms with Crippen LogP contribution in [0.25, 0.3) is 0 Å². The second-order valence-electron chi connectivity index (χ2n) is 15.0. The van der Waals surface area contributed by atoms with Gasteiger partial charge in [0.2, 0.25) is 5.91 Å². The third-order valence-electron chi connectivity index (χ3n) is 9.56. The first-order valence-corrected chi connectivity index (χ1v) is 18.2. The van der Waals surface area contributed by atoms with Gasteiger partial charge in [-0.3, -0.25) is 9.59 Å². The van der Waals surface area contributed by atoms with Crippen LogP contribution in [0.3, 0.4) is 0 Å². The molecule has 1 aromatic rings. The fourth-order valence-corrected chi connectivity index (χ4v) is 7.11. The lowest BCUT2D eigenvalue weighted by Crippen LogP contribution is -2.63. The number of aliphatic hydroxyl groups excluding tert-OH is 3. The number of carbonyl (C=O) groups excluding carboxylic acids is 5. The van der Waals surface area contributed by atoms with E-state index < -0.39 is 105 Å². The number of rotatable bonds is 28. The molecule has 0 spiro atoms. The average Bonchev–Trinajstić information content (AvgIpc) is 3.19. The molecular formula is C38H60N2O17. The summed E-state index contributed by atoms with van der Waals surface area (Å²) in [4.78, 5) is 64.8. The van der Waals surface area contributed by atoms with Crippen molar-refractivity contribution in [3.05, 3.63) is 29.8 Å². The number of aliphatic hydroxyl groups is 3. The van der Waals surface area contributed by atoms with Crippen molar-refractivity contribution in [3.8, 4) is 0 Å². The number of amides is 2. The fraction of sp³-hybridized carbons (Fsp3) is 0.711. The van der Waals surface area contributed by atoms with E-state index in [0.717, 1.165) is 18.1 Å². The van der Waals surface area contributed by atoms with E-state index in [9.17, 15) is 39.3 Å². The Balaban J connectivity index is 2.29. The number of benzene rings is 1. The van der Waals surface area contributed by atoms with Crippen LogP contribution in [-0.4, -0.2) is 158 Å². The zero-order valence-electron chi connectivity index (χ0n) is 33.8. The Morgan fingerprint density at radius 3 is 1.63 bits per heavy atom. The Morgan fingerprint density at radius 2 is 1.18 bits per heavy atom. The van der Waals surface area contributed by atoms with Crippen LogP contribution >= 0.6 is 0 Å². The van der Waals surface area contributed by atoms with E-state index in [1.54, 1.807) is 45.0 Å². The maximum Gasteiger partial charge on any atom is 0.338 e. The number of esters is 1. The van der Waals surface area contributed by atoms with Gasteiger partial charge in [-0.05, 0) is 37.0 Å². The highest BCUT2D eigenvalue weighted by Gasteiger charge is 2.52. The molecular weight excluding hydrogens is 756 g/mol. The molecule has 6 atom stereocenters. The Hall–Kier alpha value is -3.47. The lowest BCUT2D eigenvalue weighted by Gasteiger charge is -2.47. The predicted molar refractivity (Wildman–Crippen MR) is 199 cm³/mol. The minimum atomic E-state index is -1.86. The summed E-state index contributed by atoms with van der Waals surface area (Å²) in [7, 11) is 5.22. The number of carbonyl (C=O) groups is 5. The van der Waals surface area contributed by atoms with Crippen molar-refractivity contribution < 1.29 is 81.9 Å². The smallest absolute Gasteiger partial charge is 0.338 e. The van der Waals surface area contributed by atoms with Gasteiger partial charge in [-0.25, -0.2) is 4.79 Å². The summed E-state index contributed by atoms with van der Waals surface area (Å²) in [6.45, 7) is 0.809. The van der Waals surface area contributed by atoms with Crippen molar-refractivity contribution in [1.82, 2.24) is 5.32 Å². The molecule has 5 N–H and O–H groups in total. The van der Waals surface area contributed by atoms with Crippen LogP contribution in [-0.2, 0) is 73.0 Å². The maximum atomic E-state index is 13.7. The van der Waals surface area contributed by atoms with Crippen molar-refractivity contribution in [2.75, 3.05) is 87.4 Å².